The summed E-state index contributed by atoms with van der Waals surface area (Å²) in [6.45, 7) is 0.425. The Balaban J connectivity index is 1.74. The van der Waals surface area contributed by atoms with E-state index in [9.17, 15) is 4.79 Å². The van der Waals surface area contributed by atoms with E-state index in [0.717, 1.165) is 35.6 Å². The van der Waals surface area contributed by atoms with E-state index >= 15 is 0 Å². The highest BCUT2D eigenvalue weighted by Gasteiger charge is 2.18. The van der Waals surface area contributed by atoms with Gasteiger partial charge < -0.3 is 9.84 Å². The van der Waals surface area contributed by atoms with Crippen molar-refractivity contribution in [2.75, 3.05) is 0 Å². The molecule has 2 aromatic rings. The van der Waals surface area contributed by atoms with Crippen LogP contribution in [0.15, 0.2) is 36.4 Å². The minimum Gasteiger partial charge on any atom is -0.489 e. The molecule has 0 amide bonds. The summed E-state index contributed by atoms with van der Waals surface area (Å²) in [6.07, 6.45) is 3.13. The third-order valence-electron chi connectivity index (χ3n) is 3.78. The predicted molar refractivity (Wildman–Crippen MR) is 81.2 cm³/mol. The van der Waals surface area contributed by atoms with E-state index in [1.54, 1.807) is 24.3 Å². The highest BCUT2D eigenvalue weighted by Crippen LogP contribution is 2.35. The lowest BCUT2D eigenvalue weighted by molar-refractivity contribution is 0.0697. The van der Waals surface area contributed by atoms with Gasteiger partial charge in [0.25, 0.3) is 0 Å². The second-order valence-electron chi connectivity index (χ2n) is 5.15. The molecule has 108 valence electrons. The fraction of sp³-hybridized carbons (Fsp3) is 0.235. The number of hydrogen-bond donors (Lipinski definition) is 1. The number of fused-ring (bicyclic) bond motifs is 1. The Bertz CT molecular complexity index is 677. The summed E-state index contributed by atoms with van der Waals surface area (Å²) in [7, 11) is 0. The molecule has 0 aromatic heterocycles. The van der Waals surface area contributed by atoms with Gasteiger partial charge in [0.2, 0.25) is 0 Å². The van der Waals surface area contributed by atoms with Gasteiger partial charge >= 0.3 is 5.97 Å². The highest BCUT2D eigenvalue weighted by molar-refractivity contribution is 6.31. The minimum absolute atomic E-state index is 0.283. The van der Waals surface area contributed by atoms with Gasteiger partial charge in [-0.3, -0.25) is 0 Å². The monoisotopic (exact) mass is 302 g/mol. The molecular formula is C17H15ClO3. The van der Waals surface area contributed by atoms with Crippen LogP contribution in [-0.2, 0) is 19.4 Å². The molecule has 0 saturated heterocycles. The van der Waals surface area contributed by atoms with Gasteiger partial charge in [-0.2, -0.15) is 0 Å². The summed E-state index contributed by atoms with van der Waals surface area (Å²) in [5.74, 6) is -0.0350. The quantitative estimate of drug-likeness (QED) is 0.924. The van der Waals surface area contributed by atoms with Crippen LogP contribution in [0.25, 0.3) is 0 Å². The number of ether oxygens (including phenoxy) is 1. The van der Waals surface area contributed by atoms with Crippen molar-refractivity contribution in [2.45, 2.75) is 25.9 Å². The molecule has 1 aliphatic carbocycles. The zero-order valence-electron chi connectivity index (χ0n) is 11.4. The van der Waals surface area contributed by atoms with E-state index in [1.165, 1.54) is 11.1 Å². The molecule has 0 spiro atoms. The van der Waals surface area contributed by atoms with Gasteiger partial charge in [-0.1, -0.05) is 23.7 Å². The third-order valence-corrected chi connectivity index (χ3v) is 4.13. The molecule has 0 heterocycles. The fourth-order valence-electron chi connectivity index (χ4n) is 2.67. The molecule has 3 nitrogen and oxygen atoms in total. The number of aromatic carboxylic acids is 1. The second kappa shape index (κ2) is 5.78. The van der Waals surface area contributed by atoms with E-state index in [0.29, 0.717) is 6.61 Å². The van der Waals surface area contributed by atoms with Crippen molar-refractivity contribution in [3.8, 4) is 5.75 Å². The van der Waals surface area contributed by atoms with Crippen LogP contribution in [-0.4, -0.2) is 11.1 Å². The number of benzene rings is 2. The molecule has 1 aliphatic rings. The molecule has 0 radical (unpaired) electrons. The van der Waals surface area contributed by atoms with Crippen LogP contribution in [0, 0.1) is 0 Å². The first-order valence-corrected chi connectivity index (χ1v) is 7.28. The van der Waals surface area contributed by atoms with Gasteiger partial charge in [-0.15, -0.1) is 0 Å². The molecule has 0 atom stereocenters. The van der Waals surface area contributed by atoms with E-state index < -0.39 is 5.97 Å². The second-order valence-corrected chi connectivity index (χ2v) is 5.55. The average Bonchev–Trinajstić information content (AvgIpc) is 2.97. The number of carbonyl (C=O) groups is 1. The lowest BCUT2D eigenvalue weighted by Crippen LogP contribution is -2.00. The van der Waals surface area contributed by atoms with Crippen LogP contribution in [0.3, 0.4) is 0 Å². The molecule has 0 bridgehead atoms. The molecular weight excluding hydrogens is 288 g/mol. The summed E-state index contributed by atoms with van der Waals surface area (Å²) in [4.78, 5) is 10.8. The van der Waals surface area contributed by atoms with Gasteiger partial charge in [-0.05, 0) is 60.2 Å². The normalized spacial score (nSPS) is 13.0. The fourth-order valence-corrected chi connectivity index (χ4v) is 2.94. The van der Waals surface area contributed by atoms with Crippen molar-refractivity contribution in [1.82, 2.24) is 0 Å². The van der Waals surface area contributed by atoms with Crippen molar-refractivity contribution in [3.63, 3.8) is 0 Å². The molecule has 3 rings (SSSR count). The topological polar surface area (TPSA) is 46.5 Å². The van der Waals surface area contributed by atoms with Crippen LogP contribution in [0.4, 0.5) is 0 Å². The average molecular weight is 303 g/mol. The lowest BCUT2D eigenvalue weighted by Gasteiger charge is -2.12. The van der Waals surface area contributed by atoms with Crippen LogP contribution in [0.5, 0.6) is 5.75 Å². The Morgan fingerprint density at radius 2 is 1.81 bits per heavy atom. The van der Waals surface area contributed by atoms with Crippen molar-refractivity contribution in [2.24, 2.45) is 0 Å². The zero-order chi connectivity index (χ0) is 14.8. The molecule has 1 N–H and O–H groups in total. The van der Waals surface area contributed by atoms with Gasteiger partial charge in [0.15, 0.2) is 0 Å². The third kappa shape index (κ3) is 2.88. The first-order valence-electron chi connectivity index (χ1n) is 6.90. The maximum atomic E-state index is 10.8. The van der Waals surface area contributed by atoms with Gasteiger partial charge in [0.1, 0.15) is 12.4 Å². The number of carboxylic acid groups (broad SMARTS) is 1. The Morgan fingerprint density at radius 3 is 2.52 bits per heavy atom. The van der Waals surface area contributed by atoms with Gasteiger partial charge in [-0.25, -0.2) is 4.79 Å². The predicted octanol–water partition coefficient (Wildman–Crippen LogP) is 4.11. The van der Waals surface area contributed by atoms with Gasteiger partial charge in [0, 0.05) is 5.02 Å². The number of halogens is 1. The van der Waals surface area contributed by atoms with E-state index in [4.69, 9.17) is 21.4 Å². The Kier molecular flexibility index (Phi) is 3.84. The first kappa shape index (κ1) is 14.0. The van der Waals surface area contributed by atoms with E-state index in [2.05, 4.69) is 0 Å². The molecule has 0 unspecified atom stereocenters. The molecule has 0 aliphatic heterocycles. The van der Waals surface area contributed by atoms with Gasteiger partial charge in [0.05, 0.1) is 5.56 Å². The van der Waals surface area contributed by atoms with E-state index in [-0.39, 0.29) is 5.56 Å². The summed E-state index contributed by atoms with van der Waals surface area (Å²) < 4.78 is 5.88. The number of rotatable bonds is 4. The summed E-state index contributed by atoms with van der Waals surface area (Å²) >= 11 is 6.19. The number of carboxylic acids is 1. The molecule has 2 aromatic carbocycles. The molecule has 0 fully saturated rings. The lowest BCUT2D eigenvalue weighted by atomic mass is 10.1. The largest absolute Gasteiger partial charge is 0.489 e. The SMILES string of the molecule is O=C(O)c1ccc(COc2ccc(Cl)c3c2CCC3)cc1. The van der Waals surface area contributed by atoms with Crippen LogP contribution in [0.2, 0.25) is 5.02 Å². The van der Waals surface area contributed by atoms with Crippen molar-refractivity contribution in [1.29, 1.82) is 0 Å². The molecule has 4 heteroatoms. The van der Waals surface area contributed by atoms with Crippen LogP contribution >= 0.6 is 11.6 Å². The standard InChI is InChI=1S/C17H15ClO3/c18-15-8-9-16(14-3-1-2-13(14)15)21-10-11-4-6-12(7-5-11)17(19)20/h4-9H,1-3,10H2,(H,19,20). The zero-order valence-corrected chi connectivity index (χ0v) is 12.2. The Morgan fingerprint density at radius 1 is 1.10 bits per heavy atom. The van der Waals surface area contributed by atoms with Crippen LogP contribution < -0.4 is 4.74 Å². The van der Waals surface area contributed by atoms with E-state index in [1.807, 2.05) is 12.1 Å². The minimum atomic E-state index is -0.919. The highest BCUT2D eigenvalue weighted by atomic mass is 35.5. The molecule has 21 heavy (non-hydrogen) atoms. The first-order chi connectivity index (χ1) is 10.1. The molecule has 0 saturated carbocycles. The van der Waals surface area contributed by atoms with Crippen LogP contribution in [0.1, 0.15) is 33.5 Å². The van der Waals surface area contributed by atoms with Crippen molar-refractivity contribution >= 4 is 17.6 Å². The van der Waals surface area contributed by atoms with Crippen molar-refractivity contribution in [3.05, 3.63) is 63.7 Å². The smallest absolute Gasteiger partial charge is 0.335 e. The number of hydrogen-bond acceptors (Lipinski definition) is 2. The summed E-state index contributed by atoms with van der Waals surface area (Å²) in [5, 5.41) is 9.69. The summed E-state index contributed by atoms with van der Waals surface area (Å²) in [6, 6.07) is 10.5. The Hall–Kier alpha value is -2.00. The Labute approximate surface area is 128 Å². The summed E-state index contributed by atoms with van der Waals surface area (Å²) in [5.41, 5.74) is 3.65. The maximum absolute atomic E-state index is 10.8. The van der Waals surface area contributed by atoms with Crippen molar-refractivity contribution < 1.29 is 14.6 Å². The maximum Gasteiger partial charge on any atom is 0.335 e.